The van der Waals surface area contributed by atoms with Gasteiger partial charge in [0.15, 0.2) is 0 Å². The van der Waals surface area contributed by atoms with Gasteiger partial charge >= 0.3 is 0 Å². The molecular formula is C31H59NO3. The van der Waals surface area contributed by atoms with Gasteiger partial charge in [0.2, 0.25) is 0 Å². The van der Waals surface area contributed by atoms with Gasteiger partial charge < -0.3 is 20.3 Å². The first-order chi connectivity index (χ1) is 16.2. The van der Waals surface area contributed by atoms with E-state index in [1.807, 2.05) is 6.92 Å². The van der Waals surface area contributed by atoms with E-state index >= 15 is 0 Å². The van der Waals surface area contributed by atoms with Crippen LogP contribution in [0.2, 0.25) is 0 Å². The standard InChI is InChI=1S/C31H59NO3/c1-24(2)13-11-14-25(3)17-21-34-30(7)23-28(30,5)19-12-15-26(4)18-22-35-31(8,32)29(6)20-10-9-16-27(29)33/h13,25-27,33H,9-12,14-23,32H2,1-8H3. The van der Waals surface area contributed by atoms with E-state index in [1.165, 1.54) is 44.1 Å². The minimum absolute atomic E-state index is 0.0661. The molecule has 2 aliphatic carbocycles. The number of allylic oxidation sites excluding steroid dienone is 2. The molecule has 2 aliphatic rings. The summed E-state index contributed by atoms with van der Waals surface area (Å²) >= 11 is 0. The highest BCUT2D eigenvalue weighted by molar-refractivity contribution is 5.12. The first-order valence-electron chi connectivity index (χ1n) is 14.6. The number of hydrogen-bond donors (Lipinski definition) is 2. The van der Waals surface area contributed by atoms with E-state index in [2.05, 4.69) is 54.5 Å². The lowest BCUT2D eigenvalue weighted by molar-refractivity contribution is -0.173. The van der Waals surface area contributed by atoms with Crippen molar-refractivity contribution in [2.45, 2.75) is 150 Å². The van der Waals surface area contributed by atoms with E-state index in [0.29, 0.717) is 17.9 Å². The molecule has 7 atom stereocenters. The SMILES string of the molecule is CC(C)=CCCC(C)CCOC1(C)CC1(C)CCCC(C)CCOC(C)(N)C1(C)CCCCC1O. The fourth-order valence-corrected chi connectivity index (χ4v) is 6.08. The second-order valence-corrected chi connectivity index (χ2v) is 13.5. The van der Waals surface area contributed by atoms with Crippen molar-refractivity contribution >= 4 is 0 Å². The van der Waals surface area contributed by atoms with Crippen LogP contribution in [-0.4, -0.2) is 35.8 Å². The summed E-state index contributed by atoms with van der Waals surface area (Å²) in [5.74, 6) is 1.34. The molecule has 0 spiro atoms. The molecular weight excluding hydrogens is 434 g/mol. The lowest BCUT2D eigenvalue weighted by Gasteiger charge is -2.49. The summed E-state index contributed by atoms with van der Waals surface area (Å²) < 4.78 is 12.6. The molecule has 0 saturated heterocycles. The van der Waals surface area contributed by atoms with Crippen molar-refractivity contribution in [2.75, 3.05) is 13.2 Å². The van der Waals surface area contributed by atoms with Crippen LogP contribution < -0.4 is 5.73 Å². The predicted octanol–water partition coefficient (Wildman–Crippen LogP) is 7.77. The minimum atomic E-state index is -0.781. The highest BCUT2D eigenvalue weighted by atomic mass is 16.5. The van der Waals surface area contributed by atoms with Crippen LogP contribution in [0.25, 0.3) is 0 Å². The van der Waals surface area contributed by atoms with Crippen molar-refractivity contribution in [3.8, 4) is 0 Å². The smallest absolute Gasteiger partial charge is 0.121 e. The van der Waals surface area contributed by atoms with Crippen molar-refractivity contribution in [2.24, 2.45) is 28.4 Å². The Bertz CT molecular complexity index is 672. The summed E-state index contributed by atoms with van der Waals surface area (Å²) in [6, 6.07) is 0. The van der Waals surface area contributed by atoms with Crippen LogP contribution in [0.4, 0.5) is 0 Å². The van der Waals surface area contributed by atoms with Gasteiger partial charge in [-0.25, -0.2) is 0 Å². The highest BCUT2D eigenvalue weighted by Gasteiger charge is 2.61. The number of aliphatic hydroxyl groups excluding tert-OH is 1. The maximum atomic E-state index is 10.6. The number of ether oxygens (including phenoxy) is 2. The van der Waals surface area contributed by atoms with Gasteiger partial charge in [0.25, 0.3) is 0 Å². The largest absolute Gasteiger partial charge is 0.392 e. The maximum absolute atomic E-state index is 10.6. The van der Waals surface area contributed by atoms with Gasteiger partial charge in [-0.3, -0.25) is 0 Å². The molecule has 2 rings (SSSR count). The van der Waals surface area contributed by atoms with Gasteiger partial charge in [-0.05, 0) is 96.3 Å². The first kappa shape index (κ1) is 30.8. The van der Waals surface area contributed by atoms with Crippen LogP contribution in [0.3, 0.4) is 0 Å². The summed E-state index contributed by atoms with van der Waals surface area (Å²) in [7, 11) is 0. The van der Waals surface area contributed by atoms with Gasteiger partial charge in [-0.15, -0.1) is 0 Å². The third-order valence-corrected chi connectivity index (χ3v) is 9.85. The Hall–Kier alpha value is -0.420. The number of rotatable bonds is 16. The number of aliphatic hydroxyl groups is 1. The first-order valence-corrected chi connectivity index (χ1v) is 14.6. The van der Waals surface area contributed by atoms with Crippen LogP contribution in [-0.2, 0) is 9.47 Å². The monoisotopic (exact) mass is 493 g/mol. The lowest BCUT2D eigenvalue weighted by Crippen LogP contribution is -2.60. The Morgan fingerprint density at radius 1 is 1.06 bits per heavy atom. The Labute approximate surface area is 217 Å². The normalized spacial score (nSPS) is 34.2. The summed E-state index contributed by atoms with van der Waals surface area (Å²) in [6.45, 7) is 19.4. The average molecular weight is 494 g/mol. The predicted molar refractivity (Wildman–Crippen MR) is 148 cm³/mol. The summed E-state index contributed by atoms with van der Waals surface area (Å²) in [4.78, 5) is 0. The molecule has 4 heteroatoms. The summed E-state index contributed by atoms with van der Waals surface area (Å²) in [5, 5.41) is 10.6. The summed E-state index contributed by atoms with van der Waals surface area (Å²) in [5.41, 5.74) is 7.27. The van der Waals surface area contributed by atoms with Gasteiger partial charge in [0.1, 0.15) is 5.72 Å². The zero-order chi connectivity index (χ0) is 26.3. The van der Waals surface area contributed by atoms with E-state index in [1.54, 1.807) is 0 Å². The zero-order valence-corrected chi connectivity index (χ0v) is 24.5. The van der Waals surface area contributed by atoms with Crippen molar-refractivity contribution in [1.29, 1.82) is 0 Å². The van der Waals surface area contributed by atoms with Crippen LogP contribution >= 0.6 is 0 Å². The molecule has 0 aliphatic heterocycles. The fraction of sp³-hybridized carbons (Fsp3) is 0.935. The van der Waals surface area contributed by atoms with Crippen molar-refractivity contribution in [1.82, 2.24) is 0 Å². The molecule has 7 unspecified atom stereocenters. The Balaban J connectivity index is 1.62. The third-order valence-electron chi connectivity index (χ3n) is 9.85. The molecule has 0 bridgehead atoms. The molecule has 4 nitrogen and oxygen atoms in total. The molecule has 0 aromatic heterocycles. The molecule has 0 amide bonds. The molecule has 206 valence electrons. The lowest BCUT2D eigenvalue weighted by atomic mass is 9.67. The van der Waals surface area contributed by atoms with Gasteiger partial charge in [0.05, 0.1) is 11.7 Å². The Morgan fingerprint density at radius 3 is 2.37 bits per heavy atom. The van der Waals surface area contributed by atoms with Crippen molar-refractivity contribution < 1.29 is 14.6 Å². The molecule has 2 saturated carbocycles. The van der Waals surface area contributed by atoms with E-state index in [4.69, 9.17) is 15.2 Å². The molecule has 0 heterocycles. The van der Waals surface area contributed by atoms with E-state index in [-0.39, 0.29) is 17.1 Å². The topological polar surface area (TPSA) is 64.7 Å². The van der Waals surface area contributed by atoms with Gasteiger partial charge in [0, 0.05) is 18.6 Å². The maximum Gasteiger partial charge on any atom is 0.121 e. The van der Waals surface area contributed by atoms with Crippen LogP contribution in [0.5, 0.6) is 0 Å². The molecule has 0 aromatic carbocycles. The molecule has 0 aromatic rings. The quantitative estimate of drug-likeness (QED) is 0.170. The summed E-state index contributed by atoms with van der Waals surface area (Å²) in [6.07, 6.45) is 15.5. The molecule has 35 heavy (non-hydrogen) atoms. The van der Waals surface area contributed by atoms with Crippen LogP contribution in [0.15, 0.2) is 11.6 Å². The number of hydrogen-bond acceptors (Lipinski definition) is 4. The van der Waals surface area contributed by atoms with Crippen molar-refractivity contribution in [3.63, 3.8) is 0 Å². The number of nitrogens with two attached hydrogens (primary N) is 1. The Kier molecular flexibility index (Phi) is 11.3. The van der Waals surface area contributed by atoms with Crippen LogP contribution in [0, 0.1) is 22.7 Å². The molecule has 0 radical (unpaired) electrons. The zero-order valence-electron chi connectivity index (χ0n) is 24.5. The van der Waals surface area contributed by atoms with Crippen molar-refractivity contribution in [3.05, 3.63) is 11.6 Å². The van der Waals surface area contributed by atoms with Gasteiger partial charge in [-0.1, -0.05) is 65.0 Å². The Morgan fingerprint density at radius 2 is 1.71 bits per heavy atom. The molecule has 2 fully saturated rings. The average Bonchev–Trinajstić information content (AvgIpc) is 3.29. The van der Waals surface area contributed by atoms with E-state index < -0.39 is 5.72 Å². The van der Waals surface area contributed by atoms with E-state index in [9.17, 15) is 5.11 Å². The van der Waals surface area contributed by atoms with Gasteiger partial charge in [-0.2, -0.15) is 0 Å². The minimum Gasteiger partial charge on any atom is -0.392 e. The van der Waals surface area contributed by atoms with E-state index in [0.717, 1.165) is 51.0 Å². The van der Waals surface area contributed by atoms with Crippen LogP contribution in [0.1, 0.15) is 132 Å². The fourth-order valence-electron chi connectivity index (χ4n) is 6.08. The third kappa shape index (κ3) is 8.55. The highest BCUT2D eigenvalue weighted by Crippen LogP contribution is 2.61. The molecule has 3 N–H and O–H groups in total. The second-order valence-electron chi connectivity index (χ2n) is 13.5. The second kappa shape index (κ2) is 12.9.